The van der Waals surface area contributed by atoms with Gasteiger partial charge in [-0.3, -0.25) is 0 Å². The molecule has 0 aliphatic carbocycles. The summed E-state index contributed by atoms with van der Waals surface area (Å²) in [5.74, 6) is 2.09. The highest BCUT2D eigenvalue weighted by Crippen LogP contribution is 2.23. The largest absolute Gasteiger partial charge is 0.420 e. The van der Waals surface area contributed by atoms with Crippen molar-refractivity contribution in [2.24, 2.45) is 0 Å². The van der Waals surface area contributed by atoms with Crippen molar-refractivity contribution in [1.82, 2.24) is 0 Å². The fourth-order valence-electron chi connectivity index (χ4n) is 1.51. The Bertz CT molecular complexity index is 382. The maximum atomic E-state index is 5.54. The Hall–Kier alpha value is 0.187. The van der Waals surface area contributed by atoms with Crippen molar-refractivity contribution in [3.05, 3.63) is 35.9 Å². The second-order valence-corrected chi connectivity index (χ2v) is 12.6. The zero-order valence-corrected chi connectivity index (χ0v) is 15.3. The van der Waals surface area contributed by atoms with Crippen LogP contribution in [-0.4, -0.2) is 24.7 Å². The van der Waals surface area contributed by atoms with Gasteiger partial charge < -0.3 is 4.43 Å². The van der Waals surface area contributed by atoms with E-state index in [1.54, 1.807) is 11.8 Å². The molecule has 1 nitrogen and oxygen atoms in total. The Morgan fingerprint density at radius 3 is 2.53 bits per heavy atom. The molecule has 1 aromatic rings. The molecule has 0 aromatic heterocycles. The minimum absolute atomic E-state index is 0.977. The third-order valence-corrected chi connectivity index (χ3v) is 8.41. The summed E-state index contributed by atoms with van der Waals surface area (Å²) < 4.78 is 6.60. The topological polar surface area (TPSA) is 9.23 Å². The monoisotopic (exact) mass is 330 g/mol. The van der Waals surface area contributed by atoms with Gasteiger partial charge in [0.2, 0.25) is 0 Å². The molecule has 0 saturated heterocycles. The molecule has 0 N–H and O–H groups in total. The van der Waals surface area contributed by atoms with Crippen LogP contribution in [0.5, 0.6) is 0 Å². The lowest BCUT2D eigenvalue weighted by Crippen LogP contribution is -2.28. The van der Waals surface area contributed by atoms with E-state index in [0.29, 0.717) is 0 Å². The molecule has 1 aromatic carbocycles. The first-order chi connectivity index (χ1) is 9.03. The molecule has 0 atom stereocenters. The van der Waals surface area contributed by atoms with E-state index in [1.165, 1.54) is 18.0 Å². The fraction of sp³-hybridized carbons (Fsp3) is 0.500. The van der Waals surface area contributed by atoms with Gasteiger partial charge in [-0.1, -0.05) is 42.5 Å². The third-order valence-electron chi connectivity index (χ3n) is 2.90. The van der Waals surface area contributed by atoms with E-state index in [0.717, 1.165) is 15.0 Å². The van der Waals surface area contributed by atoms with E-state index in [-0.39, 0.29) is 0 Å². The highest BCUT2D eigenvalue weighted by Gasteiger charge is 2.19. The first-order valence-corrected chi connectivity index (χ1v) is 11.9. The molecule has 0 aliphatic rings. The van der Waals surface area contributed by atoms with Gasteiger partial charge in [0.25, 0.3) is 0 Å². The van der Waals surface area contributed by atoms with Crippen molar-refractivity contribution in [1.29, 1.82) is 0 Å². The van der Waals surface area contributed by atoms with Crippen LogP contribution >= 0.6 is 35.7 Å². The molecule has 1 rings (SSSR count). The van der Waals surface area contributed by atoms with Gasteiger partial charge in [0.15, 0.2) is 8.32 Å². The first kappa shape index (κ1) is 17.2. The Kier molecular flexibility index (Phi) is 8.33. The molecule has 0 bridgehead atoms. The maximum absolute atomic E-state index is 5.54. The van der Waals surface area contributed by atoms with Crippen LogP contribution < -0.4 is 0 Å². The van der Waals surface area contributed by atoms with Crippen LogP contribution in [0.25, 0.3) is 0 Å². The fourth-order valence-corrected chi connectivity index (χ4v) is 5.12. The number of rotatable bonds is 7. The summed E-state index contributed by atoms with van der Waals surface area (Å²) in [6.45, 7) is 4.53. The number of hydrogen-bond donors (Lipinski definition) is 0. The van der Waals surface area contributed by atoms with Crippen LogP contribution in [-0.2, 0) is 10.2 Å². The molecule has 0 amide bonds. The van der Waals surface area contributed by atoms with Gasteiger partial charge in [-0.15, -0.1) is 23.5 Å². The van der Waals surface area contributed by atoms with Crippen molar-refractivity contribution in [3.8, 4) is 0 Å². The van der Waals surface area contributed by atoms with Gasteiger partial charge in [-0.25, -0.2) is 0 Å². The molecule has 0 aliphatic heterocycles. The highest BCUT2D eigenvalue weighted by atomic mass is 32.2. The van der Waals surface area contributed by atoms with Gasteiger partial charge in [-0.05, 0) is 36.9 Å². The van der Waals surface area contributed by atoms with Crippen LogP contribution in [0.4, 0.5) is 0 Å². The smallest absolute Gasteiger partial charge is 0.186 e. The van der Waals surface area contributed by atoms with Crippen LogP contribution in [0.2, 0.25) is 19.1 Å². The molecule has 0 fully saturated rings. The Morgan fingerprint density at radius 1 is 1.21 bits per heavy atom. The Balaban J connectivity index is 2.12. The van der Waals surface area contributed by atoms with Crippen LogP contribution in [0.1, 0.15) is 12.0 Å². The highest BCUT2D eigenvalue weighted by molar-refractivity contribution is 8.46. The SMILES string of the molecule is CO[Si](C)(C)CCCSC(=S)SCc1ccccc1. The Labute approximate surface area is 132 Å². The molecule has 0 spiro atoms. The predicted octanol–water partition coefficient (Wildman–Crippen LogP) is 5.18. The summed E-state index contributed by atoms with van der Waals surface area (Å²) in [4.78, 5) is 0. The first-order valence-electron chi connectivity index (χ1n) is 6.42. The van der Waals surface area contributed by atoms with E-state index < -0.39 is 8.32 Å². The summed E-state index contributed by atoms with van der Waals surface area (Å²) in [6.07, 6.45) is 1.20. The van der Waals surface area contributed by atoms with Crippen molar-refractivity contribution in [2.45, 2.75) is 31.3 Å². The van der Waals surface area contributed by atoms with Crippen molar-refractivity contribution in [2.75, 3.05) is 12.9 Å². The minimum atomic E-state index is -1.38. The van der Waals surface area contributed by atoms with E-state index >= 15 is 0 Å². The number of benzene rings is 1. The predicted molar refractivity (Wildman–Crippen MR) is 96.7 cm³/mol. The van der Waals surface area contributed by atoms with Crippen LogP contribution in [0.3, 0.4) is 0 Å². The lowest BCUT2D eigenvalue weighted by Gasteiger charge is -2.19. The molecule has 0 heterocycles. The van der Waals surface area contributed by atoms with Crippen molar-refractivity contribution < 1.29 is 4.43 Å². The lowest BCUT2D eigenvalue weighted by molar-refractivity contribution is 0.403. The molecule has 5 heteroatoms. The average Bonchev–Trinajstić information content (AvgIpc) is 2.42. The summed E-state index contributed by atoms with van der Waals surface area (Å²) in [7, 11) is 0.449. The number of thiocarbonyl (C=S) groups is 1. The quantitative estimate of drug-likeness (QED) is 0.387. The molecule has 19 heavy (non-hydrogen) atoms. The van der Waals surface area contributed by atoms with Gasteiger partial charge in [0.1, 0.15) is 3.53 Å². The molecular weight excluding hydrogens is 308 g/mol. The van der Waals surface area contributed by atoms with Gasteiger partial charge in [-0.2, -0.15) is 0 Å². The van der Waals surface area contributed by atoms with Gasteiger partial charge in [0, 0.05) is 12.9 Å². The van der Waals surface area contributed by atoms with Gasteiger partial charge in [0.05, 0.1) is 0 Å². The molecule has 0 unspecified atom stereocenters. The standard InChI is InChI=1S/C14H22OS3Si/c1-15-19(2,3)11-7-10-17-14(16)18-12-13-8-5-4-6-9-13/h4-6,8-9H,7,10-12H2,1-3H3. The number of hydrogen-bond acceptors (Lipinski definition) is 4. The maximum Gasteiger partial charge on any atom is 0.186 e. The van der Waals surface area contributed by atoms with Crippen molar-refractivity contribution in [3.63, 3.8) is 0 Å². The molecular formula is C14H22OS3Si. The summed E-state index contributed by atoms with van der Waals surface area (Å²) in [5, 5.41) is 0. The second kappa shape index (κ2) is 9.18. The number of thioether (sulfide) groups is 2. The summed E-state index contributed by atoms with van der Waals surface area (Å²) >= 11 is 8.97. The van der Waals surface area contributed by atoms with Gasteiger partial charge >= 0.3 is 0 Å². The van der Waals surface area contributed by atoms with Crippen LogP contribution in [0.15, 0.2) is 30.3 Å². The van der Waals surface area contributed by atoms with E-state index in [9.17, 15) is 0 Å². The second-order valence-electron chi connectivity index (χ2n) is 4.94. The molecule has 0 saturated carbocycles. The molecule has 106 valence electrons. The normalized spacial score (nSPS) is 11.5. The molecule has 0 radical (unpaired) electrons. The third kappa shape index (κ3) is 8.15. The van der Waals surface area contributed by atoms with E-state index in [1.807, 2.05) is 24.9 Å². The lowest BCUT2D eigenvalue weighted by atomic mass is 10.2. The zero-order chi connectivity index (χ0) is 14.1. The van der Waals surface area contributed by atoms with E-state index in [2.05, 4.69) is 37.4 Å². The average molecular weight is 331 g/mol. The Morgan fingerprint density at radius 2 is 1.89 bits per heavy atom. The van der Waals surface area contributed by atoms with Crippen molar-refractivity contribution >= 4 is 47.6 Å². The zero-order valence-electron chi connectivity index (χ0n) is 11.8. The minimum Gasteiger partial charge on any atom is -0.420 e. The summed E-state index contributed by atoms with van der Waals surface area (Å²) in [5.41, 5.74) is 1.34. The van der Waals surface area contributed by atoms with Crippen LogP contribution in [0, 0.1) is 0 Å². The summed E-state index contributed by atoms with van der Waals surface area (Å²) in [6, 6.07) is 11.7. The van der Waals surface area contributed by atoms with E-state index in [4.69, 9.17) is 16.6 Å².